The number of rotatable bonds is 3. The van der Waals surface area contributed by atoms with Gasteiger partial charge in [0.25, 0.3) is 0 Å². The summed E-state index contributed by atoms with van der Waals surface area (Å²) in [6, 6.07) is 0. The number of nitrogens with one attached hydrogen (secondary N) is 1. The lowest BCUT2D eigenvalue weighted by Gasteiger charge is -1.99. The van der Waals surface area contributed by atoms with Crippen LogP contribution in [0.1, 0.15) is 12.5 Å². The van der Waals surface area contributed by atoms with Crippen molar-refractivity contribution in [2.24, 2.45) is 7.05 Å². The largest absolute Gasteiger partial charge is 0.384 e. The number of anilines is 1. The lowest BCUT2D eigenvalue weighted by molar-refractivity contribution is 0.727. The van der Waals surface area contributed by atoms with Crippen LogP contribution in [0.3, 0.4) is 0 Å². The quantitative estimate of drug-likeness (QED) is 0.649. The van der Waals surface area contributed by atoms with Crippen molar-refractivity contribution in [2.45, 2.75) is 13.5 Å². The van der Waals surface area contributed by atoms with E-state index in [4.69, 9.17) is 5.73 Å². The van der Waals surface area contributed by atoms with E-state index < -0.39 is 0 Å². The fourth-order valence-corrected chi connectivity index (χ4v) is 0.888. The number of nitrogens with two attached hydrogens (primary N) is 1. The van der Waals surface area contributed by atoms with Gasteiger partial charge in [0.2, 0.25) is 0 Å². The molecule has 11 heavy (non-hydrogen) atoms. The van der Waals surface area contributed by atoms with Crippen molar-refractivity contribution in [3.05, 3.63) is 11.8 Å². The van der Waals surface area contributed by atoms with Gasteiger partial charge in [0.15, 0.2) is 0 Å². The van der Waals surface area contributed by atoms with E-state index in [2.05, 4.69) is 17.3 Å². The first-order chi connectivity index (χ1) is 5.25. The molecule has 0 saturated carbocycles. The maximum absolute atomic E-state index is 5.70. The maximum atomic E-state index is 5.70. The van der Waals surface area contributed by atoms with Crippen molar-refractivity contribution in [1.82, 2.24) is 15.1 Å². The van der Waals surface area contributed by atoms with E-state index in [1.807, 2.05) is 7.05 Å². The van der Waals surface area contributed by atoms with Crippen LogP contribution in [0.25, 0.3) is 0 Å². The van der Waals surface area contributed by atoms with Crippen molar-refractivity contribution < 1.29 is 0 Å². The second-order valence-corrected chi connectivity index (χ2v) is 2.46. The molecule has 0 radical (unpaired) electrons. The molecule has 4 nitrogen and oxygen atoms in total. The molecular weight excluding hydrogens is 140 g/mol. The molecule has 0 atom stereocenters. The van der Waals surface area contributed by atoms with E-state index in [9.17, 15) is 0 Å². The summed E-state index contributed by atoms with van der Waals surface area (Å²) in [6.45, 7) is 3.82. The van der Waals surface area contributed by atoms with Crippen LogP contribution in [-0.2, 0) is 13.6 Å². The van der Waals surface area contributed by atoms with E-state index in [1.165, 1.54) is 0 Å². The molecule has 1 heterocycles. The van der Waals surface area contributed by atoms with Crippen LogP contribution in [0.5, 0.6) is 0 Å². The monoisotopic (exact) mass is 154 g/mol. The van der Waals surface area contributed by atoms with Crippen LogP contribution >= 0.6 is 0 Å². The molecule has 4 heteroatoms. The number of aryl methyl sites for hydroxylation is 1. The lowest BCUT2D eigenvalue weighted by Crippen LogP contribution is -2.12. The van der Waals surface area contributed by atoms with E-state index in [1.54, 1.807) is 10.9 Å². The average Bonchev–Trinajstić information content (AvgIpc) is 2.31. The van der Waals surface area contributed by atoms with Gasteiger partial charge in [0.1, 0.15) is 5.82 Å². The fraction of sp³-hybridized carbons (Fsp3) is 0.571. The van der Waals surface area contributed by atoms with Gasteiger partial charge in [-0.05, 0) is 6.54 Å². The normalized spacial score (nSPS) is 10.4. The van der Waals surface area contributed by atoms with Crippen molar-refractivity contribution in [1.29, 1.82) is 0 Å². The molecule has 3 N–H and O–H groups in total. The second-order valence-electron chi connectivity index (χ2n) is 2.46. The molecule has 1 aromatic rings. The zero-order valence-electron chi connectivity index (χ0n) is 6.96. The molecule has 0 aromatic carbocycles. The van der Waals surface area contributed by atoms with Gasteiger partial charge in [-0.2, -0.15) is 5.10 Å². The van der Waals surface area contributed by atoms with E-state index in [0.29, 0.717) is 0 Å². The van der Waals surface area contributed by atoms with Crippen molar-refractivity contribution >= 4 is 5.82 Å². The third-order valence-electron chi connectivity index (χ3n) is 1.63. The smallest absolute Gasteiger partial charge is 0.125 e. The van der Waals surface area contributed by atoms with Gasteiger partial charge in [0.05, 0.1) is 6.20 Å². The SMILES string of the molecule is CCNCc1cnn(C)c1N. The average molecular weight is 154 g/mol. The Morgan fingerprint density at radius 3 is 2.91 bits per heavy atom. The highest BCUT2D eigenvalue weighted by molar-refractivity contribution is 5.37. The summed E-state index contributed by atoms with van der Waals surface area (Å²) >= 11 is 0. The predicted molar refractivity (Wildman–Crippen MR) is 45.0 cm³/mol. The minimum atomic E-state index is 0.742. The molecule has 0 spiro atoms. The predicted octanol–water partition coefficient (Wildman–Crippen LogP) is 0.112. The Balaban J connectivity index is 2.63. The molecule has 1 aromatic heterocycles. The minimum Gasteiger partial charge on any atom is -0.384 e. The maximum Gasteiger partial charge on any atom is 0.125 e. The molecule has 0 aliphatic rings. The summed E-state index contributed by atoms with van der Waals surface area (Å²) in [6.07, 6.45) is 1.79. The zero-order valence-corrected chi connectivity index (χ0v) is 6.96. The van der Waals surface area contributed by atoms with Crippen LogP contribution in [0.4, 0.5) is 5.82 Å². The third kappa shape index (κ3) is 1.71. The minimum absolute atomic E-state index is 0.742. The zero-order chi connectivity index (χ0) is 8.27. The van der Waals surface area contributed by atoms with Crippen LogP contribution in [0, 0.1) is 0 Å². The summed E-state index contributed by atoms with van der Waals surface area (Å²) < 4.78 is 1.67. The van der Waals surface area contributed by atoms with Crippen molar-refractivity contribution in [2.75, 3.05) is 12.3 Å². The van der Waals surface area contributed by atoms with Gasteiger partial charge in [-0.15, -0.1) is 0 Å². The number of nitrogen functional groups attached to an aromatic ring is 1. The van der Waals surface area contributed by atoms with Gasteiger partial charge in [-0.3, -0.25) is 4.68 Å². The Morgan fingerprint density at radius 1 is 1.73 bits per heavy atom. The van der Waals surface area contributed by atoms with Crippen LogP contribution in [0.2, 0.25) is 0 Å². The Bertz CT molecular complexity index is 228. The van der Waals surface area contributed by atoms with Crippen LogP contribution < -0.4 is 11.1 Å². The summed E-state index contributed by atoms with van der Waals surface area (Å²) in [5.74, 6) is 0.742. The molecule has 0 aliphatic carbocycles. The van der Waals surface area contributed by atoms with E-state index >= 15 is 0 Å². The topological polar surface area (TPSA) is 55.9 Å². The second kappa shape index (κ2) is 3.39. The molecule has 62 valence electrons. The number of hydrogen-bond donors (Lipinski definition) is 2. The summed E-state index contributed by atoms with van der Waals surface area (Å²) in [5.41, 5.74) is 6.77. The molecule has 1 rings (SSSR count). The summed E-state index contributed by atoms with van der Waals surface area (Å²) in [4.78, 5) is 0. The lowest BCUT2D eigenvalue weighted by atomic mass is 10.3. The number of aromatic nitrogens is 2. The molecule has 0 bridgehead atoms. The molecule has 0 fully saturated rings. The third-order valence-corrected chi connectivity index (χ3v) is 1.63. The number of nitrogens with zero attached hydrogens (tertiary/aromatic N) is 2. The Morgan fingerprint density at radius 2 is 2.45 bits per heavy atom. The van der Waals surface area contributed by atoms with Gasteiger partial charge in [-0.25, -0.2) is 0 Å². The number of hydrogen-bond acceptors (Lipinski definition) is 3. The van der Waals surface area contributed by atoms with E-state index in [-0.39, 0.29) is 0 Å². The standard InChI is InChI=1S/C7H14N4/c1-3-9-4-6-5-10-11(2)7(6)8/h5,9H,3-4,8H2,1-2H3. The Labute approximate surface area is 66.4 Å². The van der Waals surface area contributed by atoms with Crippen molar-refractivity contribution in [3.63, 3.8) is 0 Å². The first-order valence-electron chi connectivity index (χ1n) is 3.72. The molecule has 0 aliphatic heterocycles. The van der Waals surface area contributed by atoms with Gasteiger partial charge < -0.3 is 11.1 Å². The first-order valence-corrected chi connectivity index (χ1v) is 3.72. The van der Waals surface area contributed by atoms with Gasteiger partial charge >= 0.3 is 0 Å². The Hall–Kier alpha value is -1.03. The summed E-state index contributed by atoms with van der Waals surface area (Å²) in [7, 11) is 1.84. The van der Waals surface area contributed by atoms with Gasteiger partial charge in [-0.1, -0.05) is 6.92 Å². The fourth-order valence-electron chi connectivity index (χ4n) is 0.888. The molecule has 0 amide bonds. The molecule has 0 unspecified atom stereocenters. The van der Waals surface area contributed by atoms with Gasteiger partial charge in [0, 0.05) is 19.2 Å². The summed E-state index contributed by atoms with van der Waals surface area (Å²) in [5, 5.41) is 7.21. The highest BCUT2D eigenvalue weighted by atomic mass is 15.3. The van der Waals surface area contributed by atoms with E-state index in [0.717, 1.165) is 24.5 Å². The molecular formula is C7H14N4. The highest BCUT2D eigenvalue weighted by Crippen LogP contribution is 2.07. The Kier molecular flexibility index (Phi) is 2.48. The van der Waals surface area contributed by atoms with Crippen LogP contribution in [0.15, 0.2) is 6.20 Å². The highest BCUT2D eigenvalue weighted by Gasteiger charge is 2.01. The first kappa shape index (κ1) is 8.07. The molecule has 0 saturated heterocycles. The van der Waals surface area contributed by atoms with Crippen LogP contribution in [-0.4, -0.2) is 16.3 Å². The van der Waals surface area contributed by atoms with Crippen molar-refractivity contribution in [3.8, 4) is 0 Å².